The number of carbonyl (C=O) groups is 2. The Morgan fingerprint density at radius 3 is 1.52 bits per heavy atom. The summed E-state index contributed by atoms with van der Waals surface area (Å²) >= 11 is 0. The van der Waals surface area contributed by atoms with E-state index in [1.165, 1.54) is 89.9 Å². The van der Waals surface area contributed by atoms with E-state index in [-0.39, 0.29) is 29.9 Å². The third-order valence-electron chi connectivity index (χ3n) is 8.82. The zero-order valence-electron chi connectivity index (χ0n) is 28.0. The molecule has 0 saturated carbocycles. The van der Waals surface area contributed by atoms with Crippen molar-refractivity contribution in [2.24, 2.45) is 5.92 Å². The van der Waals surface area contributed by atoms with Crippen LogP contribution in [0.1, 0.15) is 163 Å². The Labute approximate surface area is 259 Å². The lowest BCUT2D eigenvalue weighted by atomic mass is 9.98. The average molecular weight is 596 g/mol. The molecular weight excluding hydrogens is 526 g/mol. The van der Waals surface area contributed by atoms with Gasteiger partial charge >= 0.3 is 0 Å². The summed E-state index contributed by atoms with van der Waals surface area (Å²) in [6.45, 7) is 10.3. The Balaban J connectivity index is 2.42. The molecule has 7 nitrogen and oxygen atoms in total. The van der Waals surface area contributed by atoms with Crippen molar-refractivity contribution < 1.29 is 19.8 Å². The van der Waals surface area contributed by atoms with Crippen LogP contribution in [0.2, 0.25) is 0 Å². The summed E-state index contributed by atoms with van der Waals surface area (Å²) in [4.78, 5) is 27.1. The van der Waals surface area contributed by atoms with Crippen LogP contribution >= 0.6 is 0 Å². The predicted octanol–water partition coefficient (Wildman–Crippen LogP) is 6.88. The molecule has 0 aromatic carbocycles. The first kappa shape index (κ1) is 38.8. The summed E-state index contributed by atoms with van der Waals surface area (Å²) in [5.74, 6) is -0.117. The highest BCUT2D eigenvalue weighted by molar-refractivity contribution is 5.97. The lowest BCUT2D eigenvalue weighted by Gasteiger charge is -2.32. The smallest absolute Gasteiger partial charge is 0.243 e. The van der Waals surface area contributed by atoms with Crippen LogP contribution in [0.15, 0.2) is 0 Å². The van der Waals surface area contributed by atoms with E-state index < -0.39 is 12.1 Å². The number of amides is 2. The Morgan fingerprint density at radius 2 is 1.07 bits per heavy atom. The molecule has 248 valence electrons. The number of hydrogen-bond donors (Lipinski definition) is 4. The van der Waals surface area contributed by atoms with Crippen LogP contribution in [0.5, 0.6) is 0 Å². The molecule has 2 amide bonds. The first-order chi connectivity index (χ1) is 20.3. The van der Waals surface area contributed by atoms with Crippen LogP contribution in [0.25, 0.3) is 0 Å². The maximum absolute atomic E-state index is 12.5. The number of unbranched alkanes of at least 4 members (excludes halogenated alkanes) is 15. The molecule has 0 radical (unpaired) electrons. The zero-order chi connectivity index (χ0) is 31.0. The van der Waals surface area contributed by atoms with Crippen LogP contribution in [-0.2, 0) is 9.59 Å². The summed E-state index contributed by atoms with van der Waals surface area (Å²) in [5.41, 5.74) is 0. The monoisotopic (exact) mass is 596 g/mol. The third kappa shape index (κ3) is 19.2. The molecule has 0 spiro atoms. The fourth-order valence-electron chi connectivity index (χ4n) is 6.07. The number of rotatable bonds is 28. The maximum atomic E-state index is 12.5. The van der Waals surface area contributed by atoms with Gasteiger partial charge in [0.15, 0.2) is 0 Å². The molecule has 0 aliphatic carbocycles. The van der Waals surface area contributed by atoms with Gasteiger partial charge in [-0.15, -0.1) is 0 Å². The van der Waals surface area contributed by atoms with E-state index in [2.05, 4.69) is 29.4 Å². The van der Waals surface area contributed by atoms with Crippen molar-refractivity contribution in [3.05, 3.63) is 0 Å². The lowest BCUT2D eigenvalue weighted by molar-refractivity contribution is -0.138. The Hall–Kier alpha value is -1.18. The molecule has 1 saturated heterocycles. The van der Waals surface area contributed by atoms with E-state index in [0.29, 0.717) is 19.5 Å². The van der Waals surface area contributed by atoms with Gasteiger partial charge in [-0.3, -0.25) is 14.5 Å². The summed E-state index contributed by atoms with van der Waals surface area (Å²) in [5, 5.41) is 27.4. The van der Waals surface area contributed by atoms with Gasteiger partial charge in [0.2, 0.25) is 11.8 Å². The number of nitrogens with zero attached hydrogens (tertiary/aromatic N) is 1. The summed E-state index contributed by atoms with van der Waals surface area (Å²) < 4.78 is 0. The molecule has 0 bridgehead atoms. The van der Waals surface area contributed by atoms with Crippen molar-refractivity contribution >= 4 is 11.8 Å². The van der Waals surface area contributed by atoms with Crippen molar-refractivity contribution in [2.45, 2.75) is 187 Å². The highest BCUT2D eigenvalue weighted by Gasteiger charge is 2.34. The molecule has 1 aliphatic heterocycles. The van der Waals surface area contributed by atoms with Gasteiger partial charge in [-0.05, 0) is 44.6 Å². The minimum Gasteiger partial charge on any atom is -0.392 e. The maximum Gasteiger partial charge on any atom is 0.243 e. The quantitative estimate of drug-likeness (QED) is 0.0739. The number of aliphatic hydroxyl groups excluding tert-OH is 2. The molecule has 1 heterocycles. The van der Waals surface area contributed by atoms with Crippen LogP contribution in [-0.4, -0.2) is 70.9 Å². The van der Waals surface area contributed by atoms with E-state index in [1.54, 1.807) is 0 Å². The van der Waals surface area contributed by atoms with Crippen LogP contribution in [0.3, 0.4) is 0 Å². The second-order valence-electron chi connectivity index (χ2n) is 13.4. The second-order valence-corrected chi connectivity index (χ2v) is 13.4. The largest absolute Gasteiger partial charge is 0.392 e. The van der Waals surface area contributed by atoms with E-state index in [0.717, 1.165) is 45.1 Å². The van der Waals surface area contributed by atoms with Crippen molar-refractivity contribution in [1.29, 1.82) is 0 Å². The molecule has 42 heavy (non-hydrogen) atoms. The van der Waals surface area contributed by atoms with Gasteiger partial charge in [0.05, 0.1) is 12.2 Å². The van der Waals surface area contributed by atoms with E-state index >= 15 is 0 Å². The van der Waals surface area contributed by atoms with Gasteiger partial charge in [-0.2, -0.15) is 0 Å². The highest BCUT2D eigenvalue weighted by Crippen LogP contribution is 2.15. The van der Waals surface area contributed by atoms with Crippen LogP contribution in [0, 0.1) is 5.92 Å². The average Bonchev–Trinajstić information content (AvgIpc) is 2.95. The molecule has 1 fully saturated rings. The Kier molecular flexibility index (Phi) is 23.3. The summed E-state index contributed by atoms with van der Waals surface area (Å²) in [6.07, 6.45) is 23.3. The Morgan fingerprint density at radius 1 is 0.619 bits per heavy atom. The normalized spacial score (nSPS) is 18.9. The third-order valence-corrected chi connectivity index (χ3v) is 8.82. The van der Waals surface area contributed by atoms with Crippen LogP contribution < -0.4 is 10.6 Å². The van der Waals surface area contributed by atoms with Crippen molar-refractivity contribution in [3.8, 4) is 0 Å². The Bertz CT molecular complexity index is 647. The molecule has 4 N–H and O–H groups in total. The van der Waals surface area contributed by atoms with Crippen molar-refractivity contribution in [1.82, 2.24) is 15.5 Å². The van der Waals surface area contributed by atoms with Gasteiger partial charge < -0.3 is 20.8 Å². The fraction of sp³-hybridized carbons (Fsp3) is 0.943. The number of aliphatic hydroxyl groups is 2. The van der Waals surface area contributed by atoms with Gasteiger partial charge in [-0.25, -0.2) is 0 Å². The number of hydrogen-bond acceptors (Lipinski definition) is 5. The second kappa shape index (κ2) is 25.2. The SMILES string of the molecule is CCCCCCCCCCC(O)CN(CCCCC1NC(=O)C(C(C)C)NC1=O)CC(O)CCCCCCCCCC. The van der Waals surface area contributed by atoms with Gasteiger partial charge in [0.25, 0.3) is 0 Å². The minimum atomic E-state index is -0.471. The topological polar surface area (TPSA) is 102 Å². The molecule has 4 atom stereocenters. The van der Waals surface area contributed by atoms with Crippen LogP contribution in [0.4, 0.5) is 0 Å². The predicted molar refractivity (Wildman–Crippen MR) is 175 cm³/mol. The standard InChI is InChI=1S/C35H69N3O4/c1-5-7-9-11-13-15-17-19-23-30(39)27-38(28-31(40)24-20-18-16-14-12-10-8-6-2)26-22-21-25-32-34(41)37-33(29(3)4)35(42)36-32/h29-33,39-40H,5-28H2,1-4H3,(H,36,42)(H,37,41). The van der Waals surface area contributed by atoms with Gasteiger partial charge in [-0.1, -0.05) is 130 Å². The minimum absolute atomic E-state index is 0.0675. The molecular formula is C35H69N3O4. The number of piperazine rings is 1. The van der Waals surface area contributed by atoms with E-state index in [1.807, 2.05) is 13.8 Å². The molecule has 1 aliphatic rings. The number of nitrogens with one attached hydrogen (secondary N) is 2. The molecule has 1 rings (SSSR count). The van der Waals surface area contributed by atoms with E-state index in [9.17, 15) is 19.8 Å². The van der Waals surface area contributed by atoms with Crippen molar-refractivity contribution in [2.75, 3.05) is 19.6 Å². The first-order valence-corrected chi connectivity index (χ1v) is 18.0. The molecule has 0 aromatic rings. The zero-order valence-corrected chi connectivity index (χ0v) is 28.0. The fourth-order valence-corrected chi connectivity index (χ4v) is 6.07. The van der Waals surface area contributed by atoms with Gasteiger partial charge in [0.1, 0.15) is 12.1 Å². The summed E-state index contributed by atoms with van der Waals surface area (Å²) in [7, 11) is 0. The van der Waals surface area contributed by atoms with E-state index in [4.69, 9.17) is 0 Å². The number of carbonyl (C=O) groups excluding carboxylic acids is 2. The van der Waals surface area contributed by atoms with Crippen molar-refractivity contribution in [3.63, 3.8) is 0 Å². The van der Waals surface area contributed by atoms with Gasteiger partial charge in [0, 0.05) is 13.1 Å². The first-order valence-electron chi connectivity index (χ1n) is 18.0. The molecule has 4 unspecified atom stereocenters. The highest BCUT2D eigenvalue weighted by atomic mass is 16.3. The molecule has 7 heteroatoms. The summed E-state index contributed by atoms with van der Waals surface area (Å²) in [6, 6.07) is -0.921. The lowest BCUT2D eigenvalue weighted by Crippen LogP contribution is -2.63. The molecule has 0 aromatic heterocycles.